The molecule has 1 N–H and O–H groups in total. The van der Waals surface area contributed by atoms with Gasteiger partial charge in [0.05, 0.1) is 0 Å². The second-order valence-corrected chi connectivity index (χ2v) is 8.01. The molecule has 1 spiro atoms. The first-order chi connectivity index (χ1) is 9.82. The van der Waals surface area contributed by atoms with E-state index in [0.29, 0.717) is 5.41 Å². The highest BCUT2D eigenvalue weighted by atomic mass is 32.2. The molecule has 1 saturated heterocycles. The topological polar surface area (TPSA) is 66.5 Å². The number of piperidine rings is 1. The lowest BCUT2D eigenvalue weighted by atomic mass is 9.94. The first kappa shape index (κ1) is 18.0. The summed E-state index contributed by atoms with van der Waals surface area (Å²) in [6.45, 7) is 6.15. The molecule has 0 aromatic rings. The van der Waals surface area contributed by atoms with E-state index in [0.717, 1.165) is 37.6 Å². The van der Waals surface area contributed by atoms with Gasteiger partial charge in [0.25, 0.3) is 0 Å². The number of urea groups is 1. The van der Waals surface area contributed by atoms with E-state index in [2.05, 4.69) is 19.2 Å². The van der Waals surface area contributed by atoms with E-state index in [1.807, 2.05) is 4.90 Å². The summed E-state index contributed by atoms with van der Waals surface area (Å²) in [6.07, 6.45) is 8.70. The summed E-state index contributed by atoms with van der Waals surface area (Å²) < 4.78 is 21.7. The van der Waals surface area contributed by atoms with E-state index in [1.165, 1.54) is 25.3 Å². The van der Waals surface area contributed by atoms with Gasteiger partial charge in [0.2, 0.25) is 0 Å². The lowest BCUT2D eigenvalue weighted by Crippen LogP contribution is -2.44. The van der Waals surface area contributed by atoms with Crippen molar-refractivity contribution in [2.24, 2.45) is 5.41 Å². The van der Waals surface area contributed by atoms with Crippen LogP contribution in [0.15, 0.2) is 11.5 Å². The van der Waals surface area contributed by atoms with E-state index >= 15 is 0 Å². The smallest absolute Gasteiger partial charge is 0.317 e. The number of likely N-dealkylation sites (tertiary alicyclic amines) is 1. The first-order valence-electron chi connectivity index (χ1n) is 7.71. The Morgan fingerprint density at radius 3 is 2.19 bits per heavy atom. The SMILES string of the molecule is CCC.CS(=O)(=O)/C=C/CNC(=O)N1CCC2(CC1)CC2.[HH]. The Kier molecular flexibility index (Phi) is 6.71. The molecule has 124 valence electrons. The molecule has 0 bridgehead atoms. The number of rotatable bonds is 3. The van der Waals surface area contributed by atoms with Crippen molar-refractivity contribution in [3.8, 4) is 0 Å². The zero-order valence-electron chi connectivity index (χ0n) is 13.4. The van der Waals surface area contributed by atoms with Crippen molar-refractivity contribution >= 4 is 15.9 Å². The van der Waals surface area contributed by atoms with Gasteiger partial charge < -0.3 is 10.2 Å². The van der Waals surface area contributed by atoms with Crippen LogP contribution in [0.5, 0.6) is 0 Å². The molecular weight excluding hydrogens is 288 g/mol. The van der Waals surface area contributed by atoms with Crippen LogP contribution in [-0.2, 0) is 9.84 Å². The molecule has 0 atom stereocenters. The van der Waals surface area contributed by atoms with Gasteiger partial charge in [-0.05, 0) is 31.1 Å². The number of amides is 2. The van der Waals surface area contributed by atoms with E-state index in [1.54, 1.807) is 0 Å². The predicted octanol–water partition coefficient (Wildman–Crippen LogP) is 2.79. The Balaban J connectivity index is 0.00000102. The second kappa shape index (κ2) is 7.82. The summed E-state index contributed by atoms with van der Waals surface area (Å²) in [4.78, 5) is 13.6. The monoisotopic (exact) mass is 318 g/mol. The van der Waals surface area contributed by atoms with Gasteiger partial charge in [-0.2, -0.15) is 0 Å². The maximum absolute atomic E-state index is 11.8. The Labute approximate surface area is 130 Å². The number of nitrogens with one attached hydrogen (secondary N) is 1. The van der Waals surface area contributed by atoms with E-state index in [-0.39, 0.29) is 14.0 Å². The van der Waals surface area contributed by atoms with Crippen molar-refractivity contribution in [2.75, 3.05) is 25.9 Å². The minimum atomic E-state index is -3.10. The molecule has 1 aliphatic heterocycles. The number of nitrogens with zero attached hydrogens (tertiary/aromatic N) is 1. The van der Waals surface area contributed by atoms with Crippen LogP contribution in [0, 0.1) is 5.41 Å². The highest BCUT2D eigenvalue weighted by molar-refractivity contribution is 7.93. The summed E-state index contributed by atoms with van der Waals surface area (Å²) in [6, 6.07) is -0.0938. The number of sulfone groups is 1. The quantitative estimate of drug-likeness (QED) is 0.870. The highest BCUT2D eigenvalue weighted by Crippen LogP contribution is 2.53. The lowest BCUT2D eigenvalue weighted by Gasteiger charge is -2.32. The third-order valence-corrected chi connectivity index (χ3v) is 4.47. The first-order valence-corrected chi connectivity index (χ1v) is 9.67. The predicted molar refractivity (Wildman–Crippen MR) is 87.9 cm³/mol. The van der Waals surface area contributed by atoms with Crippen LogP contribution in [-0.4, -0.2) is 45.2 Å². The molecule has 1 heterocycles. The van der Waals surface area contributed by atoms with Crippen LogP contribution in [0.4, 0.5) is 4.79 Å². The minimum Gasteiger partial charge on any atom is -0.334 e. The van der Waals surface area contributed by atoms with Crippen molar-refractivity contribution in [1.29, 1.82) is 0 Å². The van der Waals surface area contributed by atoms with Gasteiger partial charge >= 0.3 is 6.03 Å². The Hall–Kier alpha value is -1.04. The average Bonchev–Trinajstić information content (AvgIpc) is 3.15. The zero-order valence-corrected chi connectivity index (χ0v) is 14.2. The fourth-order valence-electron chi connectivity index (χ4n) is 2.34. The highest BCUT2D eigenvalue weighted by Gasteiger charge is 2.44. The summed E-state index contributed by atoms with van der Waals surface area (Å²) in [7, 11) is -3.10. The van der Waals surface area contributed by atoms with Crippen LogP contribution >= 0.6 is 0 Å². The second-order valence-electron chi connectivity index (χ2n) is 6.08. The largest absolute Gasteiger partial charge is 0.334 e. The number of carbonyl (C=O) groups excluding carboxylic acids is 1. The van der Waals surface area contributed by atoms with Gasteiger partial charge in [0.1, 0.15) is 0 Å². The summed E-state index contributed by atoms with van der Waals surface area (Å²) in [5.74, 6) is 0. The molecular formula is C15H30N2O3S. The van der Waals surface area contributed by atoms with Crippen molar-refractivity contribution < 1.29 is 14.6 Å². The molecule has 2 rings (SSSR count). The number of carbonyl (C=O) groups is 1. The lowest BCUT2D eigenvalue weighted by molar-refractivity contribution is 0.166. The molecule has 2 fully saturated rings. The van der Waals surface area contributed by atoms with Crippen molar-refractivity contribution in [3.63, 3.8) is 0 Å². The molecule has 1 aliphatic carbocycles. The van der Waals surface area contributed by atoms with Crippen LogP contribution in [0.25, 0.3) is 0 Å². The molecule has 6 heteroatoms. The molecule has 2 aliphatic rings. The summed E-state index contributed by atoms with van der Waals surface area (Å²) in [5.41, 5.74) is 0.562. The number of hydrogen-bond donors (Lipinski definition) is 1. The van der Waals surface area contributed by atoms with Crippen LogP contribution in [0.1, 0.15) is 47.4 Å². The summed E-state index contributed by atoms with van der Waals surface area (Å²) >= 11 is 0. The minimum absolute atomic E-state index is 0. The van der Waals surface area contributed by atoms with Crippen LogP contribution < -0.4 is 5.32 Å². The summed E-state index contributed by atoms with van der Waals surface area (Å²) in [5, 5.41) is 3.82. The molecule has 0 radical (unpaired) electrons. The van der Waals surface area contributed by atoms with Crippen molar-refractivity contribution in [1.82, 2.24) is 10.2 Å². The Morgan fingerprint density at radius 1 is 1.24 bits per heavy atom. The van der Waals surface area contributed by atoms with Crippen molar-refractivity contribution in [2.45, 2.75) is 46.0 Å². The van der Waals surface area contributed by atoms with Gasteiger partial charge in [-0.15, -0.1) is 0 Å². The van der Waals surface area contributed by atoms with Gasteiger partial charge in [-0.1, -0.05) is 26.3 Å². The normalized spacial score (nSPS) is 20.0. The van der Waals surface area contributed by atoms with E-state index in [9.17, 15) is 13.2 Å². The molecule has 1 saturated carbocycles. The van der Waals surface area contributed by atoms with Crippen LogP contribution in [0.2, 0.25) is 0 Å². The van der Waals surface area contributed by atoms with E-state index < -0.39 is 9.84 Å². The van der Waals surface area contributed by atoms with E-state index in [4.69, 9.17) is 0 Å². The molecule has 21 heavy (non-hydrogen) atoms. The average molecular weight is 318 g/mol. The standard InChI is InChI=1S/C12H20N2O3S.C3H8.H2/c1-18(16,17)10-2-7-13-11(15)14-8-5-12(3-4-12)6-9-14;1-3-2;/h2,10H,3-9H2,1H3,(H,13,15);3H2,1-2H3;1H/b10-2+;;. The Morgan fingerprint density at radius 2 is 1.76 bits per heavy atom. The number of hydrogen-bond acceptors (Lipinski definition) is 3. The Bertz CT molecular complexity index is 463. The maximum Gasteiger partial charge on any atom is 0.317 e. The molecule has 0 unspecified atom stereocenters. The molecule has 2 amide bonds. The van der Waals surface area contributed by atoms with Gasteiger partial charge in [0, 0.05) is 32.7 Å². The fraction of sp³-hybridized carbons (Fsp3) is 0.800. The third kappa shape index (κ3) is 6.98. The van der Waals surface area contributed by atoms with Crippen molar-refractivity contribution in [3.05, 3.63) is 11.5 Å². The molecule has 0 aromatic heterocycles. The third-order valence-electron chi connectivity index (χ3n) is 3.78. The maximum atomic E-state index is 11.8. The zero-order chi connectivity index (χ0) is 15.9. The van der Waals surface area contributed by atoms with Crippen LogP contribution in [0.3, 0.4) is 0 Å². The molecule has 0 aromatic carbocycles. The van der Waals surface area contributed by atoms with Gasteiger partial charge in [-0.25, -0.2) is 13.2 Å². The fourth-order valence-corrected chi connectivity index (χ4v) is 2.79. The van der Waals surface area contributed by atoms with Gasteiger partial charge in [0.15, 0.2) is 9.84 Å². The van der Waals surface area contributed by atoms with Gasteiger partial charge in [-0.3, -0.25) is 0 Å². The molecule has 5 nitrogen and oxygen atoms in total.